The van der Waals surface area contributed by atoms with Crippen molar-refractivity contribution in [1.29, 1.82) is 0 Å². The van der Waals surface area contributed by atoms with Crippen molar-refractivity contribution >= 4 is 12.0 Å². The summed E-state index contributed by atoms with van der Waals surface area (Å²) in [6, 6.07) is 23.3. The van der Waals surface area contributed by atoms with E-state index in [2.05, 4.69) is 34.6 Å². The Balaban J connectivity index is 1.59. The smallest absolute Gasteiger partial charge is 0.244 e. The molecule has 0 fully saturated rings. The fourth-order valence-corrected chi connectivity index (χ4v) is 3.76. The zero-order valence-electron chi connectivity index (χ0n) is 19.4. The Morgan fingerprint density at radius 3 is 2.29 bits per heavy atom. The van der Waals surface area contributed by atoms with Crippen LogP contribution in [-0.4, -0.2) is 29.7 Å². The van der Waals surface area contributed by atoms with E-state index >= 15 is 0 Å². The summed E-state index contributed by atoms with van der Waals surface area (Å²) in [5, 5.41) is 3.08. The molecule has 0 spiro atoms. The second-order valence-corrected chi connectivity index (χ2v) is 7.81. The number of methoxy groups -OCH3 is 2. The van der Waals surface area contributed by atoms with Crippen LogP contribution in [0.15, 0.2) is 91.3 Å². The summed E-state index contributed by atoms with van der Waals surface area (Å²) in [5.74, 6) is 1.73. The Morgan fingerprint density at radius 1 is 0.941 bits per heavy atom. The van der Waals surface area contributed by atoms with Gasteiger partial charge in [-0.1, -0.05) is 48.5 Å². The normalized spacial score (nSPS) is 11.9. The molecule has 1 atom stereocenters. The van der Waals surface area contributed by atoms with Gasteiger partial charge in [0, 0.05) is 31.6 Å². The summed E-state index contributed by atoms with van der Waals surface area (Å²) in [5.41, 5.74) is 3.97. The van der Waals surface area contributed by atoms with E-state index < -0.39 is 6.04 Å². The molecule has 0 aliphatic rings. The van der Waals surface area contributed by atoms with Crippen LogP contribution in [0.2, 0.25) is 0 Å². The van der Waals surface area contributed by atoms with Gasteiger partial charge in [-0.25, -0.2) is 4.98 Å². The van der Waals surface area contributed by atoms with E-state index in [-0.39, 0.29) is 5.91 Å². The zero-order chi connectivity index (χ0) is 23.9. The van der Waals surface area contributed by atoms with Gasteiger partial charge in [0.1, 0.15) is 23.4 Å². The van der Waals surface area contributed by atoms with Crippen LogP contribution in [0.1, 0.15) is 23.0 Å². The van der Waals surface area contributed by atoms with Gasteiger partial charge in [0.25, 0.3) is 0 Å². The van der Waals surface area contributed by atoms with Gasteiger partial charge in [0.2, 0.25) is 5.91 Å². The van der Waals surface area contributed by atoms with Crippen molar-refractivity contribution in [3.63, 3.8) is 0 Å². The number of carbonyl (C=O) groups excluding carboxylic acids is 1. The van der Waals surface area contributed by atoms with Crippen molar-refractivity contribution in [2.75, 3.05) is 14.2 Å². The Morgan fingerprint density at radius 2 is 1.65 bits per heavy atom. The highest BCUT2D eigenvalue weighted by Gasteiger charge is 2.21. The van der Waals surface area contributed by atoms with Crippen LogP contribution in [0, 0.1) is 0 Å². The van der Waals surface area contributed by atoms with Gasteiger partial charge in [0.05, 0.1) is 14.2 Å². The molecule has 0 saturated heterocycles. The topological polar surface area (TPSA) is 65.4 Å². The van der Waals surface area contributed by atoms with Gasteiger partial charge in [0.15, 0.2) is 0 Å². The average molecular weight is 454 g/mol. The molecule has 1 heterocycles. The number of hydrogen-bond acceptors (Lipinski definition) is 4. The van der Waals surface area contributed by atoms with E-state index in [1.807, 2.05) is 66.4 Å². The summed E-state index contributed by atoms with van der Waals surface area (Å²) >= 11 is 0. The summed E-state index contributed by atoms with van der Waals surface area (Å²) in [6.45, 7) is 0. The molecule has 172 valence electrons. The number of nitrogens with zero attached hydrogens (tertiary/aromatic N) is 2. The molecule has 1 aromatic heterocycles. The minimum Gasteiger partial charge on any atom is -0.497 e. The molecule has 0 aliphatic heterocycles. The van der Waals surface area contributed by atoms with E-state index in [1.165, 1.54) is 6.08 Å². The quantitative estimate of drug-likeness (QED) is 0.380. The van der Waals surface area contributed by atoms with Crippen molar-refractivity contribution in [2.45, 2.75) is 6.04 Å². The Labute approximate surface area is 199 Å². The first kappa shape index (κ1) is 22.9. The Kier molecular flexibility index (Phi) is 7.08. The van der Waals surface area contributed by atoms with E-state index in [4.69, 9.17) is 9.47 Å². The summed E-state index contributed by atoms with van der Waals surface area (Å²) < 4.78 is 12.7. The fourth-order valence-electron chi connectivity index (χ4n) is 3.76. The molecule has 0 aliphatic carbocycles. The highest BCUT2D eigenvalue weighted by Crippen LogP contribution is 2.29. The third-order valence-corrected chi connectivity index (χ3v) is 5.53. The van der Waals surface area contributed by atoms with Gasteiger partial charge in [-0.3, -0.25) is 4.79 Å². The molecule has 0 radical (unpaired) electrons. The lowest BCUT2D eigenvalue weighted by Gasteiger charge is -2.20. The first-order valence-corrected chi connectivity index (χ1v) is 10.9. The lowest BCUT2D eigenvalue weighted by atomic mass is 10.0. The van der Waals surface area contributed by atoms with E-state index in [0.29, 0.717) is 17.3 Å². The van der Waals surface area contributed by atoms with E-state index in [1.54, 1.807) is 26.5 Å². The molecule has 1 N–H and O–H groups in total. The van der Waals surface area contributed by atoms with Gasteiger partial charge in [-0.05, 0) is 46.5 Å². The molecule has 1 amide bonds. The molecule has 1 unspecified atom stereocenters. The molecular weight excluding hydrogens is 426 g/mol. The molecule has 6 nitrogen and oxygen atoms in total. The fraction of sp³-hybridized carbons (Fsp3) is 0.143. The minimum atomic E-state index is -0.489. The Bertz CT molecular complexity index is 1270. The standard InChI is InChI=1S/C28H27N3O3/c1-31-15-14-29-28(31)27(23-17-24(33-2)19-25(18-23)34-3)30-26(32)13-12-20-8-7-11-22(16-20)21-9-5-4-6-10-21/h4-19,27H,1-3H3,(H,30,32)/b13-12+. The molecule has 0 bridgehead atoms. The predicted octanol–water partition coefficient (Wildman–Crippen LogP) is 5.02. The SMILES string of the molecule is COc1cc(OC)cc(C(NC(=O)/C=C/c2cccc(-c3ccccc3)c2)c2nccn2C)c1. The van der Waals surface area contributed by atoms with Crippen molar-refractivity contribution in [3.05, 3.63) is 108 Å². The van der Waals surface area contributed by atoms with Crippen LogP contribution >= 0.6 is 0 Å². The minimum absolute atomic E-state index is 0.236. The number of rotatable bonds is 8. The lowest BCUT2D eigenvalue weighted by Crippen LogP contribution is -2.29. The predicted molar refractivity (Wildman–Crippen MR) is 134 cm³/mol. The number of aryl methyl sites for hydroxylation is 1. The van der Waals surface area contributed by atoms with Crippen LogP contribution in [0.25, 0.3) is 17.2 Å². The zero-order valence-corrected chi connectivity index (χ0v) is 19.4. The molecule has 4 rings (SSSR count). The largest absolute Gasteiger partial charge is 0.497 e. The van der Waals surface area contributed by atoms with Gasteiger partial charge in [-0.15, -0.1) is 0 Å². The maximum absolute atomic E-state index is 13.0. The van der Waals surface area contributed by atoms with Gasteiger partial charge < -0.3 is 19.4 Å². The second kappa shape index (κ2) is 10.5. The van der Waals surface area contributed by atoms with Crippen LogP contribution in [0.4, 0.5) is 0 Å². The van der Waals surface area contributed by atoms with Crippen molar-refractivity contribution in [2.24, 2.45) is 7.05 Å². The molecule has 34 heavy (non-hydrogen) atoms. The number of carbonyl (C=O) groups is 1. The maximum Gasteiger partial charge on any atom is 0.244 e. The first-order chi connectivity index (χ1) is 16.6. The highest BCUT2D eigenvalue weighted by molar-refractivity contribution is 5.92. The second-order valence-electron chi connectivity index (χ2n) is 7.81. The number of nitrogens with one attached hydrogen (secondary N) is 1. The number of aromatic nitrogens is 2. The number of benzene rings is 3. The van der Waals surface area contributed by atoms with Crippen LogP contribution < -0.4 is 14.8 Å². The molecule has 4 aromatic rings. The number of hydrogen-bond donors (Lipinski definition) is 1. The molecule has 3 aromatic carbocycles. The lowest BCUT2D eigenvalue weighted by molar-refractivity contribution is -0.117. The first-order valence-electron chi connectivity index (χ1n) is 10.9. The van der Waals surface area contributed by atoms with Gasteiger partial charge in [-0.2, -0.15) is 0 Å². The third kappa shape index (κ3) is 5.35. The van der Waals surface area contributed by atoms with Crippen LogP contribution in [-0.2, 0) is 11.8 Å². The number of ether oxygens (including phenoxy) is 2. The number of imidazole rings is 1. The number of amides is 1. The third-order valence-electron chi connectivity index (χ3n) is 5.53. The van der Waals surface area contributed by atoms with E-state index in [9.17, 15) is 4.79 Å². The van der Waals surface area contributed by atoms with Crippen LogP contribution in [0.5, 0.6) is 11.5 Å². The summed E-state index contributed by atoms with van der Waals surface area (Å²) in [6.07, 6.45) is 6.90. The molecule has 0 saturated carbocycles. The molecule has 6 heteroatoms. The van der Waals surface area contributed by atoms with Crippen molar-refractivity contribution in [3.8, 4) is 22.6 Å². The van der Waals surface area contributed by atoms with Crippen molar-refractivity contribution in [1.82, 2.24) is 14.9 Å². The van der Waals surface area contributed by atoms with Crippen LogP contribution in [0.3, 0.4) is 0 Å². The summed E-state index contributed by atoms with van der Waals surface area (Å²) in [7, 11) is 5.09. The summed E-state index contributed by atoms with van der Waals surface area (Å²) in [4.78, 5) is 17.4. The highest BCUT2D eigenvalue weighted by atomic mass is 16.5. The monoisotopic (exact) mass is 453 g/mol. The maximum atomic E-state index is 13.0. The Hall–Kier alpha value is -4.32. The molecular formula is C28H27N3O3. The van der Waals surface area contributed by atoms with Crippen molar-refractivity contribution < 1.29 is 14.3 Å². The van der Waals surface area contributed by atoms with E-state index in [0.717, 1.165) is 22.3 Å². The van der Waals surface area contributed by atoms with Gasteiger partial charge >= 0.3 is 0 Å². The average Bonchev–Trinajstić information content (AvgIpc) is 3.31.